The van der Waals surface area contributed by atoms with Crippen LogP contribution in [0.4, 0.5) is 5.69 Å². The first-order valence-corrected chi connectivity index (χ1v) is 8.93. The summed E-state index contributed by atoms with van der Waals surface area (Å²) in [7, 11) is -3.66. The molecule has 0 saturated heterocycles. The number of anilines is 1. The van der Waals surface area contributed by atoms with Crippen molar-refractivity contribution in [1.82, 2.24) is 5.16 Å². The Kier molecular flexibility index (Phi) is 3.94. The zero-order valence-electron chi connectivity index (χ0n) is 11.4. The first-order chi connectivity index (χ1) is 10.5. The molecule has 0 bridgehead atoms. The molecule has 0 unspecified atom stereocenters. The van der Waals surface area contributed by atoms with E-state index in [0.29, 0.717) is 21.3 Å². The third-order valence-electron chi connectivity index (χ3n) is 2.96. The number of halogens is 1. The van der Waals surface area contributed by atoms with Crippen molar-refractivity contribution in [2.45, 2.75) is 11.1 Å². The standard InChI is InChI=1S/C14H11ClN2O3S2/c1-9-8-10(15)2-3-11(9)17-22(18,19)14-5-4-13(21-14)12-6-7-16-20-12/h2-8,17H,1H3. The van der Waals surface area contributed by atoms with E-state index in [1.54, 1.807) is 37.3 Å². The predicted octanol–water partition coefficient (Wildman–Crippen LogP) is 4.17. The van der Waals surface area contributed by atoms with Gasteiger partial charge in [-0.2, -0.15) is 0 Å². The quantitative estimate of drug-likeness (QED) is 0.763. The number of thiophene rings is 1. The largest absolute Gasteiger partial charge is 0.355 e. The molecule has 3 rings (SSSR count). The van der Waals surface area contributed by atoms with Crippen molar-refractivity contribution in [1.29, 1.82) is 0 Å². The van der Waals surface area contributed by atoms with E-state index in [4.69, 9.17) is 16.1 Å². The Bertz CT molecular complexity index is 902. The van der Waals surface area contributed by atoms with Gasteiger partial charge in [0.2, 0.25) is 0 Å². The van der Waals surface area contributed by atoms with Crippen molar-refractivity contribution in [3.05, 3.63) is 53.2 Å². The summed E-state index contributed by atoms with van der Waals surface area (Å²) in [6, 6.07) is 9.89. The fourth-order valence-corrected chi connectivity index (χ4v) is 4.50. The molecule has 0 radical (unpaired) electrons. The molecule has 2 aromatic heterocycles. The lowest BCUT2D eigenvalue weighted by molar-refractivity contribution is 0.433. The molecule has 1 N–H and O–H groups in total. The number of aryl methyl sites for hydroxylation is 1. The molecule has 0 spiro atoms. The van der Waals surface area contributed by atoms with Crippen LogP contribution in [0.5, 0.6) is 0 Å². The Morgan fingerprint density at radius 1 is 1.23 bits per heavy atom. The smallest absolute Gasteiger partial charge is 0.271 e. The molecule has 22 heavy (non-hydrogen) atoms. The van der Waals surface area contributed by atoms with Gasteiger partial charge in [-0.05, 0) is 42.8 Å². The fourth-order valence-electron chi connectivity index (χ4n) is 1.88. The predicted molar refractivity (Wildman–Crippen MR) is 86.8 cm³/mol. The molecule has 0 saturated carbocycles. The van der Waals surface area contributed by atoms with E-state index >= 15 is 0 Å². The van der Waals surface area contributed by atoms with Crippen LogP contribution in [0.1, 0.15) is 5.56 Å². The van der Waals surface area contributed by atoms with Gasteiger partial charge in [0, 0.05) is 11.1 Å². The average molecular weight is 355 g/mol. The van der Waals surface area contributed by atoms with E-state index in [-0.39, 0.29) is 4.21 Å². The Balaban J connectivity index is 1.90. The molecule has 5 nitrogen and oxygen atoms in total. The molecule has 0 atom stereocenters. The van der Waals surface area contributed by atoms with Gasteiger partial charge in [-0.1, -0.05) is 16.8 Å². The minimum Gasteiger partial charge on any atom is -0.355 e. The highest BCUT2D eigenvalue weighted by molar-refractivity contribution is 7.94. The Hall–Kier alpha value is -1.83. The average Bonchev–Trinajstić information content (AvgIpc) is 3.11. The maximum atomic E-state index is 12.4. The van der Waals surface area contributed by atoms with Crippen LogP contribution in [0.15, 0.2) is 51.3 Å². The van der Waals surface area contributed by atoms with Crippen LogP contribution in [0.3, 0.4) is 0 Å². The minimum atomic E-state index is -3.66. The maximum Gasteiger partial charge on any atom is 0.271 e. The van der Waals surface area contributed by atoms with E-state index in [1.165, 1.54) is 12.3 Å². The fraction of sp³-hybridized carbons (Fsp3) is 0.0714. The summed E-state index contributed by atoms with van der Waals surface area (Å²) in [5.41, 5.74) is 1.25. The molecular formula is C14H11ClN2O3S2. The SMILES string of the molecule is Cc1cc(Cl)ccc1NS(=O)(=O)c1ccc(-c2ccno2)s1. The van der Waals surface area contributed by atoms with Crippen molar-refractivity contribution < 1.29 is 12.9 Å². The second kappa shape index (κ2) is 5.75. The van der Waals surface area contributed by atoms with E-state index in [2.05, 4.69) is 9.88 Å². The van der Waals surface area contributed by atoms with Crippen molar-refractivity contribution >= 4 is 38.6 Å². The second-order valence-electron chi connectivity index (χ2n) is 4.56. The molecular weight excluding hydrogens is 344 g/mol. The lowest BCUT2D eigenvalue weighted by Crippen LogP contribution is -2.12. The van der Waals surface area contributed by atoms with Gasteiger partial charge in [-0.3, -0.25) is 4.72 Å². The summed E-state index contributed by atoms with van der Waals surface area (Å²) < 4.78 is 32.7. The van der Waals surface area contributed by atoms with Gasteiger partial charge in [-0.15, -0.1) is 11.3 Å². The number of nitrogens with zero attached hydrogens (tertiary/aromatic N) is 1. The van der Waals surface area contributed by atoms with Crippen molar-refractivity contribution in [3.8, 4) is 10.6 Å². The molecule has 114 valence electrons. The molecule has 0 aliphatic rings. The second-order valence-corrected chi connectivity index (χ2v) is 7.99. The summed E-state index contributed by atoms with van der Waals surface area (Å²) in [4.78, 5) is 0.700. The van der Waals surface area contributed by atoms with Crippen LogP contribution in [0, 0.1) is 6.92 Å². The van der Waals surface area contributed by atoms with Crippen LogP contribution in [0.25, 0.3) is 10.6 Å². The summed E-state index contributed by atoms with van der Waals surface area (Å²) in [5, 5.41) is 4.17. The number of rotatable bonds is 4. The van der Waals surface area contributed by atoms with Crippen molar-refractivity contribution in [2.75, 3.05) is 4.72 Å². The summed E-state index contributed by atoms with van der Waals surface area (Å²) >= 11 is 6.99. The summed E-state index contributed by atoms with van der Waals surface area (Å²) in [6.45, 7) is 1.79. The zero-order chi connectivity index (χ0) is 15.7. The van der Waals surface area contributed by atoms with Crippen molar-refractivity contribution in [3.63, 3.8) is 0 Å². The molecule has 8 heteroatoms. The molecule has 0 aliphatic carbocycles. The maximum absolute atomic E-state index is 12.4. The monoisotopic (exact) mass is 354 g/mol. The number of benzene rings is 1. The van der Waals surface area contributed by atoms with Crippen LogP contribution in [-0.2, 0) is 10.0 Å². The topological polar surface area (TPSA) is 72.2 Å². The molecule has 0 aliphatic heterocycles. The van der Waals surface area contributed by atoms with Gasteiger partial charge in [-0.25, -0.2) is 8.42 Å². The summed E-state index contributed by atoms with van der Waals surface area (Å²) in [6.07, 6.45) is 1.51. The van der Waals surface area contributed by atoms with E-state index < -0.39 is 10.0 Å². The highest BCUT2D eigenvalue weighted by atomic mass is 35.5. The molecule has 0 amide bonds. The van der Waals surface area contributed by atoms with E-state index in [9.17, 15) is 8.42 Å². The van der Waals surface area contributed by atoms with E-state index in [1.807, 2.05) is 0 Å². The number of aromatic nitrogens is 1. The molecule has 2 heterocycles. The Morgan fingerprint density at radius 3 is 2.73 bits per heavy atom. The lowest BCUT2D eigenvalue weighted by atomic mass is 10.2. The first kappa shape index (κ1) is 15.1. The molecule has 0 fully saturated rings. The van der Waals surface area contributed by atoms with E-state index in [0.717, 1.165) is 16.9 Å². The minimum absolute atomic E-state index is 0.202. The molecule has 3 aromatic rings. The van der Waals surface area contributed by atoms with Crippen LogP contribution < -0.4 is 4.72 Å². The number of hydrogen-bond acceptors (Lipinski definition) is 5. The van der Waals surface area contributed by atoms with Crippen LogP contribution in [0.2, 0.25) is 5.02 Å². The third-order valence-corrected chi connectivity index (χ3v) is 6.15. The highest BCUT2D eigenvalue weighted by Gasteiger charge is 2.19. The van der Waals surface area contributed by atoms with Gasteiger partial charge in [0.1, 0.15) is 4.21 Å². The van der Waals surface area contributed by atoms with Gasteiger partial charge in [0.15, 0.2) is 5.76 Å². The van der Waals surface area contributed by atoms with Gasteiger partial charge < -0.3 is 4.52 Å². The van der Waals surface area contributed by atoms with Crippen molar-refractivity contribution in [2.24, 2.45) is 0 Å². The van der Waals surface area contributed by atoms with Crippen LogP contribution in [-0.4, -0.2) is 13.6 Å². The first-order valence-electron chi connectivity index (χ1n) is 6.25. The van der Waals surface area contributed by atoms with Gasteiger partial charge in [0.25, 0.3) is 10.0 Å². The summed E-state index contributed by atoms with van der Waals surface area (Å²) in [5.74, 6) is 0.536. The Labute approximate surface area is 136 Å². The van der Waals surface area contributed by atoms with Gasteiger partial charge in [0.05, 0.1) is 16.8 Å². The Morgan fingerprint density at radius 2 is 2.05 bits per heavy atom. The number of sulfonamides is 1. The lowest BCUT2D eigenvalue weighted by Gasteiger charge is -2.09. The normalized spacial score (nSPS) is 11.5. The number of nitrogens with one attached hydrogen (secondary N) is 1. The third kappa shape index (κ3) is 3.01. The number of hydrogen-bond donors (Lipinski definition) is 1. The molecule has 1 aromatic carbocycles. The van der Waals surface area contributed by atoms with Gasteiger partial charge >= 0.3 is 0 Å². The zero-order valence-corrected chi connectivity index (χ0v) is 13.8. The van der Waals surface area contributed by atoms with Crippen LogP contribution >= 0.6 is 22.9 Å². The highest BCUT2D eigenvalue weighted by Crippen LogP contribution is 2.32.